The van der Waals surface area contributed by atoms with Crippen molar-refractivity contribution in [3.05, 3.63) is 64.7 Å². The number of anilines is 1. The summed E-state index contributed by atoms with van der Waals surface area (Å²) >= 11 is 6.10. The molecule has 1 heterocycles. The van der Waals surface area contributed by atoms with Crippen LogP contribution >= 0.6 is 11.6 Å². The Balaban J connectivity index is 1.42. The van der Waals surface area contributed by atoms with Gasteiger partial charge in [-0.05, 0) is 17.7 Å². The number of halogens is 1. The van der Waals surface area contributed by atoms with Crippen LogP contribution in [0.2, 0.25) is 5.02 Å². The van der Waals surface area contributed by atoms with Gasteiger partial charge in [-0.25, -0.2) is 0 Å². The van der Waals surface area contributed by atoms with Gasteiger partial charge in [-0.15, -0.1) is 0 Å². The largest absolute Gasteiger partial charge is 0.368 e. The number of amides is 1. The number of Topliss-reactive ketones (excluding diaryl/α,β-unsaturated/α-hetero) is 1. The molecule has 0 saturated carbocycles. The Morgan fingerprint density at radius 3 is 2.55 bits per heavy atom. The van der Waals surface area contributed by atoms with E-state index in [1.807, 2.05) is 24.3 Å². The van der Waals surface area contributed by atoms with Crippen molar-refractivity contribution < 1.29 is 18.0 Å². The number of hydrogen-bond acceptors (Lipinski definition) is 7. The van der Waals surface area contributed by atoms with Crippen molar-refractivity contribution in [3.63, 3.8) is 0 Å². The molecule has 33 heavy (non-hydrogen) atoms. The first-order chi connectivity index (χ1) is 15.9. The number of nitrogens with zero attached hydrogens (tertiary/aromatic N) is 2. The number of ketones is 1. The highest BCUT2D eigenvalue weighted by Crippen LogP contribution is 2.23. The zero-order valence-electron chi connectivity index (χ0n) is 17.8. The fraction of sp³-hybridized carbons (Fsp3) is 0.273. The Kier molecular flexibility index (Phi) is 8.99. The van der Waals surface area contributed by atoms with Gasteiger partial charge in [0.2, 0.25) is 16.2 Å². The maximum Gasteiger partial charge on any atom is 0.240 e. The molecule has 0 saturated heterocycles. The van der Waals surface area contributed by atoms with Crippen LogP contribution in [0.15, 0.2) is 53.5 Å². The zero-order valence-corrected chi connectivity index (χ0v) is 19.3. The Morgan fingerprint density at radius 2 is 1.88 bits per heavy atom. The average molecular weight is 490 g/mol. The smallest absolute Gasteiger partial charge is 0.240 e. The molecule has 174 valence electrons. The molecule has 3 rings (SSSR count). The monoisotopic (exact) mass is 489 g/mol. The lowest BCUT2D eigenvalue weighted by Crippen LogP contribution is -2.40. The van der Waals surface area contributed by atoms with Crippen LogP contribution in [0.5, 0.6) is 0 Å². The summed E-state index contributed by atoms with van der Waals surface area (Å²) in [4.78, 5) is 30.0. The number of aliphatic imine (C=N–C) groups is 1. The quantitative estimate of drug-likeness (QED) is 0.395. The van der Waals surface area contributed by atoms with E-state index in [-0.39, 0.29) is 25.4 Å². The molecule has 0 bridgehead atoms. The first kappa shape index (κ1) is 24.4. The molecule has 1 aliphatic rings. The molecule has 11 heteroatoms. The minimum atomic E-state index is -2.53. The summed E-state index contributed by atoms with van der Waals surface area (Å²) in [6.07, 6.45) is 0. The molecule has 1 aliphatic heterocycles. The van der Waals surface area contributed by atoms with E-state index < -0.39 is 16.2 Å². The summed E-state index contributed by atoms with van der Waals surface area (Å²) in [7, 11) is -2.53. The number of rotatable bonds is 11. The summed E-state index contributed by atoms with van der Waals surface area (Å²) in [6.45, 7) is 1.75. The summed E-state index contributed by atoms with van der Waals surface area (Å²) in [5.41, 5.74) is 3.28. The predicted molar refractivity (Wildman–Crippen MR) is 129 cm³/mol. The van der Waals surface area contributed by atoms with Crippen LogP contribution < -0.4 is 20.9 Å². The molecule has 0 spiro atoms. The van der Waals surface area contributed by atoms with E-state index in [0.717, 1.165) is 35.5 Å². The van der Waals surface area contributed by atoms with Crippen molar-refractivity contribution in [2.75, 3.05) is 37.6 Å². The third-order valence-corrected chi connectivity index (χ3v) is 5.47. The number of para-hydroxylation sites is 1. The Hall–Kier alpha value is -3.21. The molecule has 9 nitrogen and oxygen atoms in total. The fourth-order valence-electron chi connectivity index (χ4n) is 3.16. The van der Waals surface area contributed by atoms with Crippen LogP contribution in [0.25, 0.3) is 0 Å². The summed E-state index contributed by atoms with van der Waals surface area (Å²) in [6, 6.07) is 14.5. The molecule has 0 radical (unpaired) electrons. The van der Waals surface area contributed by atoms with Crippen LogP contribution in [-0.2, 0) is 26.4 Å². The van der Waals surface area contributed by atoms with Gasteiger partial charge in [-0.2, -0.15) is 8.42 Å². The fourth-order valence-corrected chi connectivity index (χ4v) is 3.80. The van der Waals surface area contributed by atoms with Crippen molar-refractivity contribution in [1.29, 1.82) is 0 Å². The number of benzene rings is 2. The van der Waals surface area contributed by atoms with Crippen LogP contribution in [-0.4, -0.2) is 64.2 Å². The third-order valence-electron chi connectivity index (χ3n) is 4.72. The van der Waals surface area contributed by atoms with E-state index in [9.17, 15) is 18.0 Å². The van der Waals surface area contributed by atoms with Gasteiger partial charge in [-0.1, -0.05) is 48.0 Å². The molecule has 2 aromatic carbocycles. The van der Waals surface area contributed by atoms with Gasteiger partial charge in [0.25, 0.3) is 0 Å². The highest BCUT2D eigenvalue weighted by Gasteiger charge is 2.14. The lowest BCUT2D eigenvalue weighted by Gasteiger charge is -2.19. The Labute approximate surface area is 198 Å². The Morgan fingerprint density at radius 1 is 1.12 bits per heavy atom. The SMILES string of the molecule is O=C(CNCc1ccc(C2=NCCN2)cc1)CNC(=O)CN(C=S(=O)=O)c1ccccc1Cl. The maximum absolute atomic E-state index is 12.3. The Bertz CT molecular complexity index is 1160. The van der Waals surface area contributed by atoms with Crippen LogP contribution in [0.1, 0.15) is 11.1 Å². The van der Waals surface area contributed by atoms with Crippen molar-refractivity contribution >= 4 is 50.6 Å². The number of carbonyl (C=O) groups excluding carboxylic acids is 2. The molecule has 3 N–H and O–H groups in total. The van der Waals surface area contributed by atoms with Crippen LogP contribution in [0.3, 0.4) is 0 Å². The first-order valence-corrected chi connectivity index (χ1v) is 11.7. The lowest BCUT2D eigenvalue weighted by atomic mass is 10.1. The van der Waals surface area contributed by atoms with E-state index in [0.29, 0.717) is 17.3 Å². The molecule has 2 aromatic rings. The second-order valence-electron chi connectivity index (χ2n) is 7.22. The van der Waals surface area contributed by atoms with Crippen LogP contribution in [0.4, 0.5) is 5.69 Å². The van der Waals surface area contributed by atoms with Crippen molar-refractivity contribution in [3.8, 4) is 0 Å². The second kappa shape index (κ2) is 12.1. The van der Waals surface area contributed by atoms with E-state index in [1.165, 1.54) is 4.90 Å². The molecular weight excluding hydrogens is 466 g/mol. The van der Waals surface area contributed by atoms with Crippen LogP contribution in [0, 0.1) is 0 Å². The summed E-state index contributed by atoms with van der Waals surface area (Å²) in [5.74, 6) is 0.182. The minimum absolute atomic E-state index is 0.0845. The van der Waals surface area contributed by atoms with Gasteiger partial charge in [-0.3, -0.25) is 14.6 Å². The third kappa shape index (κ3) is 7.70. The highest BCUT2D eigenvalue weighted by molar-refractivity contribution is 7.71. The first-order valence-electron chi connectivity index (χ1n) is 10.2. The number of carbonyl (C=O) groups is 2. The second-order valence-corrected chi connectivity index (χ2v) is 8.36. The molecule has 0 unspecified atom stereocenters. The molecule has 0 aliphatic carbocycles. The van der Waals surface area contributed by atoms with Gasteiger partial charge in [0.05, 0.1) is 30.3 Å². The van der Waals surface area contributed by atoms with E-state index in [4.69, 9.17) is 11.6 Å². The minimum Gasteiger partial charge on any atom is -0.368 e. The molecular formula is C22H24ClN5O4S. The standard InChI is InChI=1S/C22H24ClN5O4S/c23-19-3-1-2-4-20(19)28(15-33(31)32)14-21(30)27-13-18(29)12-24-11-16-5-7-17(8-6-16)22-25-9-10-26-22/h1-8,15,24H,9-14H2,(H,25,26)(H,27,30). The summed E-state index contributed by atoms with van der Waals surface area (Å²) < 4.78 is 22.2. The maximum atomic E-state index is 12.3. The van der Waals surface area contributed by atoms with Gasteiger partial charge in [0.1, 0.15) is 17.9 Å². The van der Waals surface area contributed by atoms with Gasteiger partial charge >= 0.3 is 0 Å². The molecule has 0 atom stereocenters. The van der Waals surface area contributed by atoms with E-state index >= 15 is 0 Å². The number of nitrogens with one attached hydrogen (secondary N) is 3. The van der Waals surface area contributed by atoms with Gasteiger partial charge in [0, 0.05) is 18.7 Å². The van der Waals surface area contributed by atoms with Crippen molar-refractivity contribution in [2.24, 2.45) is 4.99 Å². The van der Waals surface area contributed by atoms with Gasteiger partial charge < -0.3 is 20.9 Å². The van der Waals surface area contributed by atoms with Crippen molar-refractivity contribution in [1.82, 2.24) is 16.0 Å². The normalized spacial score (nSPS) is 12.5. The summed E-state index contributed by atoms with van der Waals surface area (Å²) in [5, 5.41) is 9.08. The number of hydrogen-bond donors (Lipinski definition) is 3. The van der Waals surface area contributed by atoms with Crippen molar-refractivity contribution in [2.45, 2.75) is 6.54 Å². The number of amidine groups is 1. The molecule has 1 amide bonds. The highest BCUT2D eigenvalue weighted by atomic mass is 35.5. The molecule has 0 fully saturated rings. The zero-order chi connectivity index (χ0) is 23.6. The topological polar surface area (TPSA) is 120 Å². The van der Waals surface area contributed by atoms with E-state index in [2.05, 4.69) is 20.9 Å². The average Bonchev–Trinajstić information content (AvgIpc) is 3.33. The van der Waals surface area contributed by atoms with E-state index in [1.54, 1.807) is 24.3 Å². The molecule has 0 aromatic heterocycles. The predicted octanol–water partition coefficient (Wildman–Crippen LogP) is 0.610. The lowest BCUT2D eigenvalue weighted by molar-refractivity contribution is -0.123. The van der Waals surface area contributed by atoms with Gasteiger partial charge in [0.15, 0.2) is 5.78 Å².